The van der Waals surface area contributed by atoms with Gasteiger partial charge < -0.3 is 10.1 Å². The quantitative estimate of drug-likeness (QED) is 0.799. The van der Waals surface area contributed by atoms with E-state index in [4.69, 9.17) is 4.74 Å². The van der Waals surface area contributed by atoms with Gasteiger partial charge in [-0.05, 0) is 13.8 Å². The molecule has 1 rings (SSSR count). The van der Waals surface area contributed by atoms with Crippen LogP contribution >= 0.6 is 0 Å². The summed E-state index contributed by atoms with van der Waals surface area (Å²) in [6.45, 7) is 6.16. The Morgan fingerprint density at radius 2 is 2.06 bits per heavy atom. The molecule has 0 amide bonds. The van der Waals surface area contributed by atoms with Crippen molar-refractivity contribution >= 4 is 15.8 Å². The number of aryl methyl sites for hydroxylation is 1. The van der Waals surface area contributed by atoms with Crippen LogP contribution in [0.15, 0.2) is 6.07 Å². The number of rotatable bonds is 7. The van der Waals surface area contributed by atoms with E-state index in [0.29, 0.717) is 25.0 Å². The monoisotopic (exact) mass is 273 g/mol. The normalized spacial score (nSPS) is 11.3. The predicted molar refractivity (Wildman–Crippen MR) is 70.8 cm³/mol. The van der Waals surface area contributed by atoms with Crippen LogP contribution < -0.4 is 10.1 Å². The van der Waals surface area contributed by atoms with Gasteiger partial charge in [-0.3, -0.25) is 0 Å². The van der Waals surface area contributed by atoms with Crippen molar-refractivity contribution in [2.45, 2.75) is 20.8 Å². The van der Waals surface area contributed by atoms with E-state index in [2.05, 4.69) is 15.3 Å². The highest BCUT2D eigenvalue weighted by molar-refractivity contribution is 7.91. The molecule has 0 aliphatic heterocycles. The molecule has 1 heterocycles. The summed E-state index contributed by atoms with van der Waals surface area (Å²) in [4.78, 5) is 8.29. The topological polar surface area (TPSA) is 81.2 Å². The maximum Gasteiger partial charge on any atom is 0.226 e. The molecular formula is C11H19N3O3S. The lowest BCUT2D eigenvalue weighted by Crippen LogP contribution is -2.18. The standard InChI is InChI=1S/C11H19N3O3S/c1-4-17-10-8-9(3)13-11(14-10)12-6-7-18(15,16)5-2/h8H,4-7H2,1-3H3,(H,12,13,14). The zero-order chi connectivity index (χ0) is 13.6. The van der Waals surface area contributed by atoms with Gasteiger partial charge in [0.1, 0.15) is 0 Å². The minimum absolute atomic E-state index is 0.0742. The number of anilines is 1. The fourth-order valence-electron chi connectivity index (χ4n) is 1.30. The second-order valence-corrected chi connectivity index (χ2v) is 6.24. The Morgan fingerprint density at radius 1 is 1.33 bits per heavy atom. The van der Waals surface area contributed by atoms with Crippen LogP contribution in [-0.4, -0.2) is 43.0 Å². The average molecular weight is 273 g/mol. The van der Waals surface area contributed by atoms with E-state index in [1.165, 1.54) is 0 Å². The number of ether oxygens (including phenoxy) is 1. The van der Waals surface area contributed by atoms with E-state index >= 15 is 0 Å². The molecular weight excluding hydrogens is 254 g/mol. The molecule has 0 aromatic carbocycles. The maximum atomic E-state index is 11.3. The van der Waals surface area contributed by atoms with E-state index in [1.807, 2.05) is 13.8 Å². The molecule has 0 radical (unpaired) electrons. The van der Waals surface area contributed by atoms with Gasteiger partial charge in [0.2, 0.25) is 11.8 Å². The number of hydrogen-bond donors (Lipinski definition) is 1. The fraction of sp³-hybridized carbons (Fsp3) is 0.636. The van der Waals surface area contributed by atoms with E-state index in [1.54, 1.807) is 13.0 Å². The first-order valence-electron chi connectivity index (χ1n) is 5.89. The number of nitrogens with one attached hydrogen (secondary N) is 1. The summed E-state index contributed by atoms with van der Waals surface area (Å²) in [5.74, 6) is 1.11. The minimum Gasteiger partial charge on any atom is -0.478 e. The molecule has 1 aromatic rings. The van der Waals surface area contributed by atoms with Crippen LogP contribution in [0.3, 0.4) is 0 Å². The van der Waals surface area contributed by atoms with Gasteiger partial charge in [-0.15, -0.1) is 0 Å². The summed E-state index contributed by atoms with van der Waals surface area (Å²) in [7, 11) is -2.97. The van der Waals surface area contributed by atoms with Crippen LogP contribution in [0.25, 0.3) is 0 Å². The van der Waals surface area contributed by atoms with Gasteiger partial charge in [0.05, 0.1) is 12.4 Å². The van der Waals surface area contributed by atoms with Crippen LogP contribution in [0, 0.1) is 6.92 Å². The van der Waals surface area contributed by atoms with E-state index < -0.39 is 9.84 Å². The molecule has 0 saturated carbocycles. The average Bonchev–Trinajstić information content (AvgIpc) is 2.28. The second kappa shape index (κ2) is 6.53. The zero-order valence-electron chi connectivity index (χ0n) is 10.9. The van der Waals surface area contributed by atoms with Crippen molar-refractivity contribution in [3.63, 3.8) is 0 Å². The molecule has 0 saturated heterocycles. The zero-order valence-corrected chi connectivity index (χ0v) is 11.7. The van der Waals surface area contributed by atoms with Crippen molar-refractivity contribution in [3.05, 3.63) is 11.8 Å². The number of nitrogens with zero attached hydrogens (tertiary/aromatic N) is 2. The van der Waals surface area contributed by atoms with Crippen LogP contribution in [0.2, 0.25) is 0 Å². The molecule has 1 N–H and O–H groups in total. The van der Waals surface area contributed by atoms with Crippen LogP contribution in [-0.2, 0) is 9.84 Å². The highest BCUT2D eigenvalue weighted by Gasteiger charge is 2.08. The van der Waals surface area contributed by atoms with Gasteiger partial charge in [0, 0.05) is 24.1 Å². The first-order chi connectivity index (χ1) is 8.46. The summed E-state index contributed by atoms with van der Waals surface area (Å²) >= 11 is 0. The third-order valence-electron chi connectivity index (χ3n) is 2.26. The van der Waals surface area contributed by atoms with E-state index in [-0.39, 0.29) is 11.5 Å². The molecule has 7 heteroatoms. The maximum absolute atomic E-state index is 11.3. The fourth-order valence-corrected chi connectivity index (χ4v) is 2.00. The molecule has 6 nitrogen and oxygen atoms in total. The Balaban J connectivity index is 2.62. The largest absolute Gasteiger partial charge is 0.478 e. The molecule has 1 aromatic heterocycles. The Labute approximate surface area is 108 Å². The van der Waals surface area contributed by atoms with E-state index in [0.717, 1.165) is 5.69 Å². The first-order valence-corrected chi connectivity index (χ1v) is 7.71. The minimum atomic E-state index is -2.97. The lowest BCUT2D eigenvalue weighted by atomic mass is 10.4. The van der Waals surface area contributed by atoms with Crippen molar-refractivity contribution in [2.75, 3.05) is 30.0 Å². The Bertz CT molecular complexity index is 488. The van der Waals surface area contributed by atoms with Crippen LogP contribution in [0.4, 0.5) is 5.95 Å². The van der Waals surface area contributed by atoms with Crippen LogP contribution in [0.5, 0.6) is 5.88 Å². The molecule has 0 aliphatic carbocycles. The lowest BCUT2D eigenvalue weighted by molar-refractivity contribution is 0.326. The second-order valence-electron chi connectivity index (χ2n) is 3.77. The van der Waals surface area contributed by atoms with Crippen molar-refractivity contribution < 1.29 is 13.2 Å². The molecule has 0 atom stereocenters. The molecule has 0 unspecified atom stereocenters. The van der Waals surface area contributed by atoms with Crippen molar-refractivity contribution in [2.24, 2.45) is 0 Å². The smallest absolute Gasteiger partial charge is 0.226 e. The van der Waals surface area contributed by atoms with Gasteiger partial charge in [-0.2, -0.15) is 4.98 Å². The number of hydrogen-bond acceptors (Lipinski definition) is 6. The molecule has 0 spiro atoms. The summed E-state index contributed by atoms with van der Waals surface area (Å²) < 4.78 is 27.9. The van der Waals surface area contributed by atoms with Gasteiger partial charge >= 0.3 is 0 Å². The highest BCUT2D eigenvalue weighted by atomic mass is 32.2. The summed E-state index contributed by atoms with van der Waals surface area (Å²) in [6.07, 6.45) is 0. The van der Waals surface area contributed by atoms with Gasteiger partial charge in [-0.25, -0.2) is 13.4 Å². The molecule has 102 valence electrons. The van der Waals surface area contributed by atoms with Gasteiger partial charge in [0.25, 0.3) is 0 Å². The highest BCUT2D eigenvalue weighted by Crippen LogP contribution is 2.11. The summed E-state index contributed by atoms with van der Waals surface area (Å²) in [5, 5.41) is 2.89. The molecule has 0 aliphatic rings. The van der Waals surface area contributed by atoms with Gasteiger partial charge in [0.15, 0.2) is 9.84 Å². The third-order valence-corrected chi connectivity index (χ3v) is 3.96. The van der Waals surface area contributed by atoms with Gasteiger partial charge in [-0.1, -0.05) is 6.92 Å². The predicted octanol–water partition coefficient (Wildman–Crippen LogP) is 1.03. The SMILES string of the molecule is CCOc1cc(C)nc(NCCS(=O)(=O)CC)n1. The Kier molecular flexibility index (Phi) is 5.33. The number of sulfone groups is 1. The van der Waals surface area contributed by atoms with E-state index in [9.17, 15) is 8.42 Å². The first kappa shape index (κ1) is 14.7. The van der Waals surface area contributed by atoms with Crippen molar-refractivity contribution in [1.29, 1.82) is 0 Å². The van der Waals surface area contributed by atoms with Crippen molar-refractivity contribution in [3.8, 4) is 5.88 Å². The Morgan fingerprint density at radius 3 is 2.67 bits per heavy atom. The Hall–Kier alpha value is -1.37. The number of aromatic nitrogens is 2. The summed E-state index contributed by atoms with van der Waals surface area (Å²) in [5.41, 5.74) is 0.772. The van der Waals surface area contributed by atoms with Crippen LogP contribution in [0.1, 0.15) is 19.5 Å². The molecule has 0 bridgehead atoms. The lowest BCUT2D eigenvalue weighted by Gasteiger charge is -2.08. The summed E-state index contributed by atoms with van der Waals surface area (Å²) in [6, 6.07) is 1.73. The third kappa shape index (κ3) is 4.87. The van der Waals surface area contributed by atoms with Crippen molar-refractivity contribution in [1.82, 2.24) is 9.97 Å². The molecule has 18 heavy (non-hydrogen) atoms. The molecule has 0 fully saturated rings.